The maximum Gasteiger partial charge on any atom is 0.240 e. The van der Waals surface area contributed by atoms with Gasteiger partial charge in [0.1, 0.15) is 0 Å². The Kier molecular flexibility index (Phi) is 7.31. The van der Waals surface area contributed by atoms with Gasteiger partial charge in [0, 0.05) is 18.5 Å². The summed E-state index contributed by atoms with van der Waals surface area (Å²) >= 11 is 0. The monoisotopic (exact) mass is 349 g/mol. The molecule has 5 heteroatoms. The SMILES string of the molecule is CC(/C=C/c1ccccc1)=N\NC(=O)CCC(=O)Nc1cccc(C)c1. The van der Waals surface area contributed by atoms with Crippen LogP contribution < -0.4 is 10.7 Å². The molecular formula is C21H23N3O2. The highest BCUT2D eigenvalue weighted by Crippen LogP contribution is 2.10. The average Bonchev–Trinajstić information content (AvgIpc) is 2.64. The van der Waals surface area contributed by atoms with Crippen molar-refractivity contribution in [1.82, 2.24) is 5.43 Å². The fourth-order valence-corrected chi connectivity index (χ4v) is 2.20. The molecule has 2 rings (SSSR count). The molecule has 2 amide bonds. The number of hydrogen-bond acceptors (Lipinski definition) is 3. The fraction of sp³-hybridized carbons (Fsp3) is 0.190. The first-order chi connectivity index (χ1) is 12.5. The van der Waals surface area contributed by atoms with E-state index in [0.29, 0.717) is 5.71 Å². The molecule has 0 atom stereocenters. The summed E-state index contributed by atoms with van der Waals surface area (Å²) in [5.74, 6) is -0.493. The minimum Gasteiger partial charge on any atom is -0.326 e. The van der Waals surface area contributed by atoms with Gasteiger partial charge in [0.05, 0.1) is 5.71 Å². The molecule has 0 heterocycles. The van der Waals surface area contributed by atoms with Crippen LogP contribution in [0.1, 0.15) is 30.9 Å². The number of carbonyl (C=O) groups excluding carboxylic acids is 2. The molecular weight excluding hydrogens is 326 g/mol. The Bertz CT molecular complexity index is 811. The lowest BCUT2D eigenvalue weighted by Gasteiger charge is -2.05. The quantitative estimate of drug-likeness (QED) is 0.587. The van der Waals surface area contributed by atoms with E-state index in [-0.39, 0.29) is 24.7 Å². The first kappa shape index (κ1) is 19.1. The van der Waals surface area contributed by atoms with E-state index >= 15 is 0 Å². The minimum atomic E-state index is -0.295. The minimum absolute atomic E-state index is 0.0802. The summed E-state index contributed by atoms with van der Waals surface area (Å²) in [5.41, 5.74) is 5.99. The molecule has 2 aromatic rings. The summed E-state index contributed by atoms with van der Waals surface area (Å²) < 4.78 is 0. The van der Waals surface area contributed by atoms with Gasteiger partial charge < -0.3 is 5.32 Å². The summed E-state index contributed by atoms with van der Waals surface area (Å²) in [6, 6.07) is 17.3. The Hall–Kier alpha value is -3.21. The second-order valence-electron chi connectivity index (χ2n) is 5.95. The van der Waals surface area contributed by atoms with Gasteiger partial charge in [-0.05, 0) is 43.2 Å². The number of rotatable bonds is 7. The van der Waals surface area contributed by atoms with E-state index in [2.05, 4.69) is 15.8 Å². The number of aryl methyl sites for hydroxylation is 1. The molecule has 134 valence electrons. The van der Waals surface area contributed by atoms with Crippen LogP contribution in [-0.4, -0.2) is 17.5 Å². The third-order valence-electron chi connectivity index (χ3n) is 3.55. The van der Waals surface area contributed by atoms with Gasteiger partial charge in [-0.1, -0.05) is 48.5 Å². The zero-order valence-electron chi connectivity index (χ0n) is 15.0. The second kappa shape index (κ2) is 9.93. The van der Waals surface area contributed by atoms with E-state index in [0.717, 1.165) is 16.8 Å². The first-order valence-electron chi connectivity index (χ1n) is 8.46. The lowest BCUT2D eigenvalue weighted by Crippen LogP contribution is -2.21. The number of benzene rings is 2. The molecule has 0 fully saturated rings. The van der Waals surface area contributed by atoms with Crippen molar-refractivity contribution in [3.05, 3.63) is 71.8 Å². The van der Waals surface area contributed by atoms with Crippen molar-refractivity contribution in [3.8, 4) is 0 Å². The van der Waals surface area contributed by atoms with E-state index in [9.17, 15) is 9.59 Å². The maximum absolute atomic E-state index is 11.9. The third kappa shape index (κ3) is 7.13. The zero-order chi connectivity index (χ0) is 18.8. The average molecular weight is 349 g/mol. The number of carbonyl (C=O) groups is 2. The highest BCUT2D eigenvalue weighted by atomic mass is 16.2. The number of nitrogens with zero attached hydrogens (tertiary/aromatic N) is 1. The molecule has 0 aliphatic heterocycles. The Morgan fingerprint density at radius 3 is 2.46 bits per heavy atom. The van der Waals surface area contributed by atoms with Crippen LogP contribution in [-0.2, 0) is 9.59 Å². The van der Waals surface area contributed by atoms with E-state index < -0.39 is 0 Å². The Morgan fingerprint density at radius 2 is 1.73 bits per heavy atom. The standard InChI is InChI=1S/C21H23N3O2/c1-16-7-6-10-19(15-16)22-20(25)13-14-21(26)24-23-17(2)11-12-18-8-4-3-5-9-18/h3-12,15H,13-14H2,1-2H3,(H,22,25)(H,24,26)/b12-11+,23-17+. The second-order valence-corrected chi connectivity index (χ2v) is 5.95. The molecule has 0 aliphatic rings. The number of anilines is 1. The van der Waals surface area contributed by atoms with Gasteiger partial charge in [0.2, 0.25) is 11.8 Å². The number of nitrogens with one attached hydrogen (secondary N) is 2. The van der Waals surface area contributed by atoms with Crippen molar-refractivity contribution in [3.63, 3.8) is 0 Å². The van der Waals surface area contributed by atoms with Crippen molar-refractivity contribution in [2.45, 2.75) is 26.7 Å². The van der Waals surface area contributed by atoms with E-state index in [4.69, 9.17) is 0 Å². The molecule has 0 saturated heterocycles. The van der Waals surface area contributed by atoms with E-state index in [1.54, 1.807) is 6.92 Å². The number of hydrazone groups is 1. The van der Waals surface area contributed by atoms with Gasteiger partial charge in [0.25, 0.3) is 0 Å². The van der Waals surface area contributed by atoms with Crippen LogP contribution in [0.5, 0.6) is 0 Å². The maximum atomic E-state index is 11.9. The van der Waals surface area contributed by atoms with Crippen LogP contribution >= 0.6 is 0 Å². The first-order valence-corrected chi connectivity index (χ1v) is 8.46. The Labute approximate surface area is 153 Å². The molecule has 0 spiro atoms. The van der Waals surface area contributed by atoms with E-state index in [1.165, 1.54) is 0 Å². The molecule has 2 aromatic carbocycles. The summed E-state index contributed by atoms with van der Waals surface area (Å²) in [4.78, 5) is 23.7. The van der Waals surface area contributed by atoms with Crippen molar-refractivity contribution < 1.29 is 9.59 Å². The molecule has 0 radical (unpaired) electrons. The lowest BCUT2D eigenvalue weighted by atomic mass is 10.2. The van der Waals surface area contributed by atoms with Crippen LogP contribution in [0.2, 0.25) is 0 Å². The van der Waals surface area contributed by atoms with Crippen molar-refractivity contribution in [2.75, 3.05) is 5.32 Å². The Balaban J connectivity index is 1.74. The molecule has 0 unspecified atom stereocenters. The number of allylic oxidation sites excluding steroid dienone is 1. The summed E-state index contributed by atoms with van der Waals surface area (Å²) in [6.45, 7) is 3.75. The third-order valence-corrected chi connectivity index (χ3v) is 3.55. The summed E-state index contributed by atoms with van der Waals surface area (Å²) in [5, 5.41) is 6.79. The van der Waals surface area contributed by atoms with Crippen molar-refractivity contribution in [2.24, 2.45) is 5.10 Å². The van der Waals surface area contributed by atoms with Crippen LogP contribution in [0, 0.1) is 6.92 Å². The van der Waals surface area contributed by atoms with Gasteiger partial charge in [0.15, 0.2) is 0 Å². The predicted molar refractivity (Wildman–Crippen MR) is 106 cm³/mol. The van der Waals surface area contributed by atoms with Gasteiger partial charge in [-0.15, -0.1) is 0 Å². The van der Waals surface area contributed by atoms with Crippen LogP contribution in [0.4, 0.5) is 5.69 Å². The highest BCUT2D eigenvalue weighted by Gasteiger charge is 2.07. The largest absolute Gasteiger partial charge is 0.326 e. The van der Waals surface area contributed by atoms with Gasteiger partial charge in [-0.3, -0.25) is 9.59 Å². The van der Waals surface area contributed by atoms with Gasteiger partial charge in [-0.25, -0.2) is 5.43 Å². The number of amides is 2. The fourth-order valence-electron chi connectivity index (χ4n) is 2.20. The zero-order valence-corrected chi connectivity index (χ0v) is 15.0. The molecule has 0 bridgehead atoms. The van der Waals surface area contributed by atoms with Crippen LogP contribution in [0.3, 0.4) is 0 Å². The number of hydrogen-bond donors (Lipinski definition) is 2. The smallest absolute Gasteiger partial charge is 0.240 e. The van der Waals surface area contributed by atoms with Gasteiger partial charge >= 0.3 is 0 Å². The predicted octanol–water partition coefficient (Wildman–Crippen LogP) is 3.92. The van der Waals surface area contributed by atoms with Crippen molar-refractivity contribution >= 4 is 29.3 Å². The Morgan fingerprint density at radius 1 is 1.00 bits per heavy atom. The molecule has 5 nitrogen and oxygen atoms in total. The van der Waals surface area contributed by atoms with Gasteiger partial charge in [-0.2, -0.15) is 5.10 Å². The highest BCUT2D eigenvalue weighted by molar-refractivity contribution is 5.97. The molecule has 0 aliphatic carbocycles. The van der Waals surface area contributed by atoms with Crippen LogP contribution in [0.15, 0.2) is 65.8 Å². The normalized spacial score (nSPS) is 11.4. The molecule has 0 saturated carbocycles. The molecule has 0 aromatic heterocycles. The van der Waals surface area contributed by atoms with Crippen LogP contribution in [0.25, 0.3) is 6.08 Å². The lowest BCUT2D eigenvalue weighted by molar-refractivity contribution is -0.124. The molecule has 26 heavy (non-hydrogen) atoms. The topological polar surface area (TPSA) is 70.6 Å². The van der Waals surface area contributed by atoms with E-state index in [1.807, 2.05) is 73.7 Å². The van der Waals surface area contributed by atoms with Crippen molar-refractivity contribution in [1.29, 1.82) is 0 Å². The summed E-state index contributed by atoms with van der Waals surface area (Å²) in [6.07, 6.45) is 3.92. The summed E-state index contributed by atoms with van der Waals surface area (Å²) in [7, 11) is 0. The molecule has 2 N–H and O–H groups in total.